The Kier molecular flexibility index (Phi) is 6.89. The number of nitrogens with one attached hydrogen (secondary N) is 2. The maximum Gasteiger partial charge on any atom is 0.285 e. The molecule has 0 fully saturated rings. The number of rotatable bonds is 8. The number of carbonyl (C=O) groups excluding carboxylic acids is 1. The molecule has 0 aliphatic rings. The van der Waals surface area contributed by atoms with Gasteiger partial charge in [-0.2, -0.15) is 0 Å². The van der Waals surface area contributed by atoms with Gasteiger partial charge in [-0.1, -0.05) is 24.3 Å². The maximum absolute atomic E-state index is 12.4. The van der Waals surface area contributed by atoms with Gasteiger partial charge in [-0.15, -0.1) is 0 Å². The summed E-state index contributed by atoms with van der Waals surface area (Å²) in [7, 11) is 0. The first kappa shape index (κ1) is 20.4. The van der Waals surface area contributed by atoms with Gasteiger partial charge >= 0.3 is 0 Å². The number of nitrogens with zero attached hydrogens (tertiary/aromatic N) is 2. The van der Waals surface area contributed by atoms with Crippen molar-refractivity contribution in [2.24, 2.45) is 0 Å². The second-order valence-corrected chi connectivity index (χ2v) is 6.48. The quantitative estimate of drug-likeness (QED) is 0.510. The highest BCUT2D eigenvalue weighted by atomic mass is 16.5. The monoisotopic (exact) mass is 392 g/mol. The third-order valence-electron chi connectivity index (χ3n) is 4.26. The van der Waals surface area contributed by atoms with Crippen molar-refractivity contribution in [2.45, 2.75) is 26.5 Å². The maximum atomic E-state index is 12.4. The van der Waals surface area contributed by atoms with Crippen LogP contribution in [0, 0.1) is 0 Å². The topological polar surface area (TPSA) is 96.4 Å². The number of hydrogen-bond donors (Lipinski definition) is 3. The largest absolute Gasteiger partial charge is 0.494 e. The summed E-state index contributed by atoms with van der Waals surface area (Å²) in [5.41, 5.74) is 8.93. The third kappa shape index (κ3) is 5.60. The number of aliphatic hydroxyl groups excluding tert-OH is 1. The van der Waals surface area contributed by atoms with E-state index in [0.29, 0.717) is 18.8 Å². The van der Waals surface area contributed by atoms with Gasteiger partial charge < -0.3 is 9.84 Å². The Morgan fingerprint density at radius 2 is 1.97 bits per heavy atom. The second-order valence-electron chi connectivity index (χ2n) is 6.48. The molecule has 1 aromatic heterocycles. The van der Waals surface area contributed by atoms with Crippen LogP contribution in [0.3, 0.4) is 0 Å². The summed E-state index contributed by atoms with van der Waals surface area (Å²) in [5, 5.41) is 9.66. The molecule has 0 saturated carbocycles. The predicted molar refractivity (Wildman–Crippen MR) is 110 cm³/mol. The molecule has 0 bridgehead atoms. The summed E-state index contributed by atoms with van der Waals surface area (Å²) in [6.45, 7) is 4.66. The van der Waals surface area contributed by atoms with Gasteiger partial charge in [0.25, 0.3) is 5.91 Å². The van der Waals surface area contributed by atoms with E-state index < -0.39 is 6.10 Å². The number of aliphatic hydroxyl groups is 1. The van der Waals surface area contributed by atoms with Crippen molar-refractivity contribution < 1.29 is 14.6 Å². The van der Waals surface area contributed by atoms with Crippen molar-refractivity contribution in [3.05, 3.63) is 77.7 Å². The lowest BCUT2D eigenvalue weighted by molar-refractivity contribution is 0.0926. The van der Waals surface area contributed by atoms with Crippen LogP contribution in [0.1, 0.15) is 41.6 Å². The Labute approximate surface area is 169 Å². The fourth-order valence-corrected chi connectivity index (χ4v) is 2.76. The fourth-order valence-electron chi connectivity index (χ4n) is 2.76. The van der Waals surface area contributed by atoms with Crippen LogP contribution >= 0.6 is 0 Å². The van der Waals surface area contributed by atoms with E-state index in [1.54, 1.807) is 13.1 Å². The molecule has 2 aromatic carbocycles. The number of hydrogen-bond acceptors (Lipinski definition) is 6. The van der Waals surface area contributed by atoms with E-state index in [9.17, 15) is 9.90 Å². The van der Waals surface area contributed by atoms with Gasteiger partial charge in [0.1, 0.15) is 11.4 Å². The molecular weight excluding hydrogens is 368 g/mol. The summed E-state index contributed by atoms with van der Waals surface area (Å²) in [5.74, 6) is 0.402. The van der Waals surface area contributed by atoms with E-state index in [0.717, 1.165) is 22.4 Å². The standard InChI is InChI=1S/C22H24N4O3/c1-3-29-19-9-7-17(8-10-19)20-13-23-14-21(25-20)22(28)26-24-12-16-5-4-6-18(11-16)15(2)27/h4-11,13-15,24,27H,3,12H2,1-2H3,(H,26,28). The van der Waals surface area contributed by atoms with Crippen LogP contribution in [0.15, 0.2) is 60.9 Å². The first-order valence-electron chi connectivity index (χ1n) is 9.42. The second kappa shape index (κ2) is 9.77. The summed E-state index contributed by atoms with van der Waals surface area (Å²) < 4.78 is 5.44. The molecule has 1 heterocycles. The molecule has 0 spiro atoms. The normalized spacial score (nSPS) is 11.7. The first-order valence-corrected chi connectivity index (χ1v) is 9.42. The molecule has 1 atom stereocenters. The number of amides is 1. The van der Waals surface area contributed by atoms with Gasteiger partial charge in [-0.25, -0.2) is 10.4 Å². The first-order chi connectivity index (χ1) is 14.1. The summed E-state index contributed by atoms with van der Waals surface area (Å²) in [4.78, 5) is 20.9. The van der Waals surface area contributed by atoms with Crippen LogP contribution in [0.25, 0.3) is 11.3 Å². The van der Waals surface area contributed by atoms with Crippen molar-refractivity contribution in [3.8, 4) is 17.0 Å². The summed E-state index contributed by atoms with van der Waals surface area (Å²) >= 11 is 0. The van der Waals surface area contributed by atoms with Crippen LogP contribution in [-0.4, -0.2) is 27.6 Å². The van der Waals surface area contributed by atoms with Crippen molar-refractivity contribution in [3.63, 3.8) is 0 Å². The lowest BCUT2D eigenvalue weighted by atomic mass is 10.1. The van der Waals surface area contributed by atoms with Crippen LogP contribution in [-0.2, 0) is 6.54 Å². The molecule has 150 valence electrons. The highest BCUT2D eigenvalue weighted by Crippen LogP contribution is 2.20. The Bertz CT molecular complexity index is 958. The summed E-state index contributed by atoms with van der Waals surface area (Å²) in [6, 6.07) is 15.0. The Morgan fingerprint density at radius 3 is 2.69 bits per heavy atom. The molecule has 1 unspecified atom stereocenters. The molecule has 7 heteroatoms. The van der Waals surface area contributed by atoms with Crippen molar-refractivity contribution >= 4 is 5.91 Å². The highest BCUT2D eigenvalue weighted by molar-refractivity contribution is 5.92. The average molecular weight is 392 g/mol. The van der Waals surface area contributed by atoms with E-state index in [2.05, 4.69) is 20.8 Å². The number of benzene rings is 2. The van der Waals surface area contributed by atoms with Crippen molar-refractivity contribution in [2.75, 3.05) is 6.61 Å². The highest BCUT2D eigenvalue weighted by Gasteiger charge is 2.10. The van der Waals surface area contributed by atoms with Gasteiger partial charge in [0.05, 0.1) is 30.8 Å². The number of hydrazine groups is 1. The molecule has 0 radical (unpaired) electrons. The third-order valence-corrected chi connectivity index (χ3v) is 4.26. The van der Waals surface area contributed by atoms with Gasteiger partial charge in [-0.3, -0.25) is 15.2 Å². The molecule has 0 aliphatic carbocycles. The minimum absolute atomic E-state index is 0.210. The smallest absolute Gasteiger partial charge is 0.285 e. The Hall–Kier alpha value is -3.29. The van der Waals surface area contributed by atoms with Crippen LogP contribution < -0.4 is 15.6 Å². The molecule has 3 rings (SSSR count). The molecule has 29 heavy (non-hydrogen) atoms. The number of carbonyl (C=O) groups is 1. The van der Waals surface area contributed by atoms with Gasteiger partial charge in [0.15, 0.2) is 0 Å². The summed E-state index contributed by atoms with van der Waals surface area (Å²) in [6.07, 6.45) is 2.50. The van der Waals surface area contributed by atoms with Crippen LogP contribution in [0.5, 0.6) is 5.75 Å². The lowest BCUT2D eigenvalue weighted by Gasteiger charge is -2.10. The van der Waals surface area contributed by atoms with Crippen molar-refractivity contribution in [1.29, 1.82) is 0 Å². The van der Waals surface area contributed by atoms with E-state index >= 15 is 0 Å². The van der Waals surface area contributed by atoms with E-state index in [-0.39, 0.29) is 11.6 Å². The zero-order valence-electron chi connectivity index (χ0n) is 16.4. The van der Waals surface area contributed by atoms with Gasteiger partial charge in [-0.05, 0) is 49.2 Å². The Balaban J connectivity index is 1.61. The molecular formula is C22H24N4O3. The zero-order chi connectivity index (χ0) is 20.6. The van der Waals surface area contributed by atoms with E-state index in [1.807, 2.05) is 55.5 Å². The van der Waals surface area contributed by atoms with Gasteiger partial charge in [0, 0.05) is 12.1 Å². The van der Waals surface area contributed by atoms with E-state index in [1.165, 1.54) is 6.20 Å². The molecule has 7 nitrogen and oxygen atoms in total. The minimum Gasteiger partial charge on any atom is -0.494 e. The van der Waals surface area contributed by atoms with Gasteiger partial charge in [0.2, 0.25) is 0 Å². The fraction of sp³-hybridized carbons (Fsp3) is 0.227. The van der Waals surface area contributed by atoms with Crippen LogP contribution in [0.2, 0.25) is 0 Å². The molecule has 3 N–H and O–H groups in total. The average Bonchev–Trinajstić information content (AvgIpc) is 2.75. The van der Waals surface area contributed by atoms with Crippen molar-refractivity contribution in [1.82, 2.24) is 20.8 Å². The molecule has 0 aliphatic heterocycles. The molecule has 1 amide bonds. The molecule has 0 saturated heterocycles. The van der Waals surface area contributed by atoms with Crippen LogP contribution in [0.4, 0.5) is 0 Å². The number of aromatic nitrogens is 2. The lowest BCUT2D eigenvalue weighted by Crippen LogP contribution is -2.37. The van der Waals surface area contributed by atoms with E-state index in [4.69, 9.17) is 4.74 Å². The SMILES string of the molecule is CCOc1ccc(-c2cncc(C(=O)NNCc3cccc(C(C)O)c3)n2)cc1. The molecule has 3 aromatic rings. The number of ether oxygens (including phenoxy) is 1. The minimum atomic E-state index is -0.537. The zero-order valence-corrected chi connectivity index (χ0v) is 16.4. The predicted octanol–water partition coefficient (Wildman–Crippen LogP) is 3.03. The Morgan fingerprint density at radius 1 is 1.17 bits per heavy atom.